The first-order valence-electron chi connectivity index (χ1n) is 11.4. The molecule has 0 spiro atoms. The molecular formula is C26H33N3O3. The number of benzene rings is 2. The van der Waals surface area contributed by atoms with E-state index in [0.717, 1.165) is 12.2 Å². The second-order valence-electron chi connectivity index (χ2n) is 9.86. The van der Waals surface area contributed by atoms with Crippen LogP contribution in [0.5, 0.6) is 11.5 Å². The monoisotopic (exact) mass is 435 g/mol. The first-order chi connectivity index (χ1) is 15.2. The number of hydrogen-bond acceptors (Lipinski definition) is 5. The molecule has 2 aliphatic rings. The van der Waals surface area contributed by atoms with Gasteiger partial charge in [0.15, 0.2) is 0 Å². The fraction of sp³-hybridized carbons (Fsp3) is 0.462. The summed E-state index contributed by atoms with van der Waals surface area (Å²) in [6.07, 6.45) is 4.66. The van der Waals surface area contributed by atoms with Gasteiger partial charge in [-0.3, -0.25) is 9.80 Å². The minimum atomic E-state index is -0.758. The van der Waals surface area contributed by atoms with Gasteiger partial charge in [-0.15, -0.1) is 0 Å². The van der Waals surface area contributed by atoms with Crippen LogP contribution in [0.25, 0.3) is 0 Å². The van der Waals surface area contributed by atoms with E-state index >= 15 is 0 Å². The molecule has 2 heterocycles. The van der Waals surface area contributed by atoms with Gasteiger partial charge >= 0.3 is 0 Å². The van der Waals surface area contributed by atoms with Gasteiger partial charge < -0.3 is 14.7 Å². The van der Waals surface area contributed by atoms with E-state index in [1.807, 2.05) is 53.6 Å². The number of aliphatic hydroxyl groups is 1. The Morgan fingerprint density at radius 1 is 1.06 bits per heavy atom. The number of hydrazone groups is 1. The maximum absolute atomic E-state index is 13.0. The molecule has 170 valence electrons. The average molecular weight is 436 g/mol. The van der Waals surface area contributed by atoms with Gasteiger partial charge in [0.2, 0.25) is 0 Å². The second-order valence-corrected chi connectivity index (χ2v) is 9.86. The Hall–Kier alpha value is -2.86. The molecule has 6 nitrogen and oxygen atoms in total. The predicted octanol–water partition coefficient (Wildman–Crippen LogP) is 4.69. The van der Waals surface area contributed by atoms with Crippen molar-refractivity contribution >= 4 is 12.1 Å². The summed E-state index contributed by atoms with van der Waals surface area (Å²) in [5, 5.41) is 17.9. The first-order valence-corrected chi connectivity index (χ1v) is 11.4. The maximum Gasteiger partial charge on any atom is 0.253 e. The molecule has 0 aliphatic carbocycles. The molecule has 0 saturated carbocycles. The average Bonchev–Trinajstić information content (AvgIpc) is 3.23. The molecule has 1 fully saturated rings. The Labute approximate surface area is 190 Å². The van der Waals surface area contributed by atoms with Gasteiger partial charge in [-0.1, -0.05) is 18.2 Å². The van der Waals surface area contributed by atoms with Crippen molar-refractivity contribution in [2.45, 2.75) is 63.6 Å². The van der Waals surface area contributed by atoms with Crippen molar-refractivity contribution in [1.82, 2.24) is 9.91 Å². The number of para-hydroxylation sites is 1. The van der Waals surface area contributed by atoms with E-state index in [1.54, 1.807) is 12.1 Å². The largest absolute Gasteiger partial charge is 0.457 e. The highest BCUT2D eigenvalue weighted by Crippen LogP contribution is 2.34. The molecule has 2 aliphatic heterocycles. The molecule has 4 rings (SSSR count). The summed E-state index contributed by atoms with van der Waals surface area (Å²) in [5.41, 5.74) is -0.188. The number of carbonyl (C=O) groups excluding carboxylic acids is 1. The summed E-state index contributed by atoms with van der Waals surface area (Å²) in [4.78, 5) is 14.8. The molecule has 1 atom stereocenters. The summed E-state index contributed by atoms with van der Waals surface area (Å²) in [7, 11) is 0. The Morgan fingerprint density at radius 2 is 1.69 bits per heavy atom. The highest BCUT2D eigenvalue weighted by atomic mass is 16.5. The summed E-state index contributed by atoms with van der Waals surface area (Å²) >= 11 is 0. The zero-order valence-corrected chi connectivity index (χ0v) is 19.2. The van der Waals surface area contributed by atoms with Crippen molar-refractivity contribution in [1.29, 1.82) is 0 Å². The van der Waals surface area contributed by atoms with E-state index in [0.29, 0.717) is 43.7 Å². The molecule has 1 N–H and O–H groups in total. The number of likely N-dealkylation sites (tertiary alicyclic amines) is 1. The SMILES string of the molecule is CC(C)(C)N1N=CCC1CC1(O)CCN(C(=O)c2ccc(Oc3ccccc3)cc2)CC1. The number of ether oxygens (including phenoxy) is 1. The first kappa shape index (κ1) is 22.3. The second kappa shape index (κ2) is 8.94. The van der Waals surface area contributed by atoms with Crippen LogP contribution in [-0.2, 0) is 0 Å². The molecule has 0 radical (unpaired) electrons. The lowest BCUT2D eigenvalue weighted by atomic mass is 9.83. The quantitative estimate of drug-likeness (QED) is 0.740. The molecule has 6 heteroatoms. The van der Waals surface area contributed by atoms with E-state index in [1.165, 1.54) is 0 Å². The molecule has 1 unspecified atom stereocenters. The summed E-state index contributed by atoms with van der Waals surface area (Å²) in [6, 6.07) is 17.0. The molecule has 1 amide bonds. The number of hydrogen-bond donors (Lipinski definition) is 1. The van der Waals surface area contributed by atoms with Gasteiger partial charge in [-0.05, 0) is 76.4 Å². The van der Waals surface area contributed by atoms with Crippen LogP contribution in [0.4, 0.5) is 0 Å². The third kappa shape index (κ3) is 5.13. The maximum atomic E-state index is 13.0. The third-order valence-electron chi connectivity index (χ3n) is 6.29. The normalized spacial score (nSPS) is 20.4. The summed E-state index contributed by atoms with van der Waals surface area (Å²) in [6.45, 7) is 7.54. The van der Waals surface area contributed by atoms with Crippen molar-refractivity contribution in [3.05, 3.63) is 60.2 Å². The van der Waals surface area contributed by atoms with Gasteiger partial charge in [0, 0.05) is 36.8 Å². The number of carbonyl (C=O) groups is 1. The van der Waals surface area contributed by atoms with Gasteiger partial charge in [-0.25, -0.2) is 0 Å². The molecule has 2 aromatic rings. The highest BCUT2D eigenvalue weighted by molar-refractivity contribution is 5.94. The third-order valence-corrected chi connectivity index (χ3v) is 6.29. The van der Waals surface area contributed by atoms with Crippen LogP contribution in [0.15, 0.2) is 59.7 Å². The van der Waals surface area contributed by atoms with E-state index in [2.05, 4.69) is 30.9 Å². The molecule has 2 aromatic carbocycles. The molecule has 32 heavy (non-hydrogen) atoms. The van der Waals surface area contributed by atoms with Crippen molar-refractivity contribution in [3.8, 4) is 11.5 Å². The Morgan fingerprint density at radius 3 is 2.31 bits per heavy atom. The van der Waals surface area contributed by atoms with Crippen LogP contribution in [0.1, 0.15) is 56.8 Å². The minimum absolute atomic E-state index is 0.00108. The van der Waals surface area contributed by atoms with Crippen molar-refractivity contribution in [3.63, 3.8) is 0 Å². The van der Waals surface area contributed by atoms with Crippen LogP contribution in [0.3, 0.4) is 0 Å². The van der Waals surface area contributed by atoms with E-state index < -0.39 is 5.60 Å². The zero-order chi connectivity index (χ0) is 22.8. The minimum Gasteiger partial charge on any atom is -0.457 e. The van der Waals surface area contributed by atoms with E-state index in [4.69, 9.17) is 4.74 Å². The topological polar surface area (TPSA) is 65.4 Å². The van der Waals surface area contributed by atoms with Gasteiger partial charge in [-0.2, -0.15) is 5.10 Å². The smallest absolute Gasteiger partial charge is 0.253 e. The van der Waals surface area contributed by atoms with Gasteiger partial charge in [0.05, 0.1) is 11.6 Å². The fourth-order valence-corrected chi connectivity index (χ4v) is 4.58. The van der Waals surface area contributed by atoms with Crippen LogP contribution < -0.4 is 4.74 Å². The molecule has 1 saturated heterocycles. The molecule has 0 aromatic heterocycles. The van der Waals surface area contributed by atoms with Crippen molar-refractivity contribution < 1.29 is 14.6 Å². The van der Waals surface area contributed by atoms with E-state index in [9.17, 15) is 9.90 Å². The Kier molecular flexibility index (Phi) is 6.24. The number of rotatable bonds is 5. The Balaban J connectivity index is 1.32. The van der Waals surface area contributed by atoms with Crippen LogP contribution in [-0.4, -0.2) is 57.4 Å². The van der Waals surface area contributed by atoms with Gasteiger partial charge in [0.1, 0.15) is 11.5 Å². The lowest BCUT2D eigenvalue weighted by Crippen LogP contribution is -2.51. The summed E-state index contributed by atoms with van der Waals surface area (Å²) in [5.74, 6) is 1.46. The van der Waals surface area contributed by atoms with Crippen molar-refractivity contribution in [2.24, 2.45) is 5.10 Å². The zero-order valence-electron chi connectivity index (χ0n) is 19.2. The number of amides is 1. The summed E-state index contributed by atoms with van der Waals surface area (Å²) < 4.78 is 5.81. The fourth-order valence-electron chi connectivity index (χ4n) is 4.58. The van der Waals surface area contributed by atoms with Crippen molar-refractivity contribution in [2.75, 3.05) is 13.1 Å². The van der Waals surface area contributed by atoms with Gasteiger partial charge in [0.25, 0.3) is 5.91 Å². The molecular weight excluding hydrogens is 402 g/mol. The Bertz CT molecular complexity index is 943. The number of piperidine rings is 1. The van der Waals surface area contributed by atoms with Crippen LogP contribution in [0.2, 0.25) is 0 Å². The van der Waals surface area contributed by atoms with Crippen LogP contribution >= 0.6 is 0 Å². The molecule has 0 bridgehead atoms. The highest BCUT2D eigenvalue weighted by Gasteiger charge is 2.40. The number of nitrogens with zero attached hydrogens (tertiary/aromatic N) is 3. The lowest BCUT2D eigenvalue weighted by Gasteiger charge is -2.43. The standard InChI is InChI=1S/C26H33N3O3/c1-25(2,3)29-21(13-16-27-29)19-26(31)14-17-28(18-15-26)24(30)20-9-11-23(12-10-20)32-22-7-5-4-6-8-22/h4-12,16,21,31H,13-15,17-19H2,1-3H3. The predicted molar refractivity (Wildman–Crippen MR) is 126 cm³/mol. The van der Waals surface area contributed by atoms with E-state index in [-0.39, 0.29) is 17.5 Å². The lowest BCUT2D eigenvalue weighted by molar-refractivity contribution is -0.0475. The van der Waals surface area contributed by atoms with Crippen LogP contribution in [0, 0.1) is 0 Å².